The van der Waals surface area contributed by atoms with Crippen LogP contribution in [0.4, 0.5) is 13.2 Å². The Morgan fingerprint density at radius 2 is 1.51 bits per heavy atom. The van der Waals surface area contributed by atoms with E-state index in [9.17, 15) is 32.7 Å². The summed E-state index contributed by atoms with van der Waals surface area (Å²) < 4.78 is 47.5. The van der Waals surface area contributed by atoms with Crippen LogP contribution in [0, 0.1) is 0 Å². The number of hydrogen-bond acceptors (Lipinski definition) is 7. The van der Waals surface area contributed by atoms with E-state index in [4.69, 9.17) is 32.7 Å². The van der Waals surface area contributed by atoms with E-state index < -0.39 is 35.6 Å². The van der Waals surface area contributed by atoms with Crippen molar-refractivity contribution >= 4 is 52.7 Å². The van der Waals surface area contributed by atoms with E-state index in [-0.39, 0.29) is 49.3 Å². The van der Waals surface area contributed by atoms with Gasteiger partial charge >= 0.3 is 11.5 Å². The summed E-state index contributed by atoms with van der Waals surface area (Å²) in [5, 5.41) is 9.78. The van der Waals surface area contributed by atoms with E-state index in [2.05, 4.69) is 10.9 Å². The topological polar surface area (TPSA) is 114 Å². The second kappa shape index (κ2) is 12.1. The lowest BCUT2D eigenvalue weighted by atomic mass is 10.1. The molecule has 0 aliphatic carbocycles. The molecule has 3 N–H and O–H groups in total. The zero-order chi connectivity index (χ0) is 27.2. The van der Waals surface area contributed by atoms with Crippen LogP contribution in [0.15, 0.2) is 65.6 Å². The van der Waals surface area contributed by atoms with Crippen molar-refractivity contribution in [1.82, 2.24) is 10.9 Å². The quantitative estimate of drug-likeness (QED) is 0.150. The number of nitrogens with one attached hydrogen (secondary N) is 2. The van der Waals surface area contributed by atoms with Crippen molar-refractivity contribution in [3.8, 4) is 17.2 Å². The van der Waals surface area contributed by atoms with Crippen LogP contribution in [0.2, 0.25) is 10.0 Å². The highest BCUT2D eigenvalue weighted by Gasteiger charge is 2.29. The second-order valence-electron chi connectivity index (χ2n) is 6.95. The molecule has 3 aromatic rings. The average molecular weight is 575 g/mol. The van der Waals surface area contributed by atoms with Gasteiger partial charge in [-0.15, -0.1) is 0 Å². The van der Waals surface area contributed by atoms with Gasteiger partial charge in [0, 0.05) is 4.90 Å². The van der Waals surface area contributed by atoms with Gasteiger partial charge in [-0.25, -0.2) is 4.79 Å². The van der Waals surface area contributed by atoms with Gasteiger partial charge in [0.2, 0.25) is 0 Å². The number of hydrogen-bond donors (Lipinski definition) is 3. The molecule has 0 unspecified atom stereocenters. The Labute approximate surface area is 221 Å². The number of rotatable bonds is 7. The Bertz CT molecular complexity index is 1320. The van der Waals surface area contributed by atoms with Crippen molar-refractivity contribution in [3.05, 3.63) is 81.8 Å². The molecule has 8 nitrogen and oxygen atoms in total. The number of thioether (sulfide) groups is 1. The predicted molar refractivity (Wildman–Crippen MR) is 129 cm³/mol. The number of ether oxygens (including phenoxy) is 2. The number of alkyl halides is 3. The molecule has 0 atom stereocenters. The van der Waals surface area contributed by atoms with Crippen LogP contribution in [0.1, 0.15) is 20.7 Å². The smallest absolute Gasteiger partial charge is 0.446 e. The highest BCUT2D eigenvalue weighted by Crippen LogP contribution is 2.37. The van der Waals surface area contributed by atoms with Gasteiger partial charge in [-0.3, -0.25) is 20.4 Å². The molecule has 0 aliphatic heterocycles. The second-order valence-corrected chi connectivity index (χ2v) is 8.91. The van der Waals surface area contributed by atoms with Crippen LogP contribution in [0.5, 0.6) is 17.2 Å². The normalized spacial score (nSPS) is 10.9. The fourth-order valence-corrected chi connectivity index (χ4v) is 3.66. The first-order chi connectivity index (χ1) is 17.4. The lowest BCUT2D eigenvalue weighted by Crippen LogP contribution is -2.44. The lowest BCUT2D eigenvalue weighted by Gasteiger charge is -2.13. The van der Waals surface area contributed by atoms with Crippen LogP contribution in [0.25, 0.3) is 0 Å². The van der Waals surface area contributed by atoms with E-state index in [1.165, 1.54) is 60.7 Å². The van der Waals surface area contributed by atoms with Crippen LogP contribution in [0.3, 0.4) is 0 Å². The van der Waals surface area contributed by atoms with Gasteiger partial charge in [0.15, 0.2) is 12.4 Å². The minimum absolute atomic E-state index is 0.0554. The molecule has 0 saturated heterocycles. The van der Waals surface area contributed by atoms with Crippen molar-refractivity contribution < 1.29 is 42.1 Å². The summed E-state index contributed by atoms with van der Waals surface area (Å²) in [5.74, 6) is -3.48. The molecule has 3 rings (SSSR count). The van der Waals surface area contributed by atoms with Gasteiger partial charge in [0.1, 0.15) is 17.1 Å². The number of phenols is 1. The molecule has 0 saturated carbocycles. The number of amides is 2. The van der Waals surface area contributed by atoms with E-state index in [0.29, 0.717) is 0 Å². The first-order valence-electron chi connectivity index (χ1n) is 10.0. The molecule has 194 valence electrons. The molecule has 0 bridgehead atoms. The Kier molecular flexibility index (Phi) is 9.14. The summed E-state index contributed by atoms with van der Waals surface area (Å²) in [6.45, 7) is -0.572. The Balaban J connectivity index is 1.59. The standard InChI is InChI=1S/C23H15Cl2F3N2O6S/c24-16-5-1-3-14(19(16)32)22(34)36-20-15(4-2-6-17(20)25)21(33)30-29-18(31)11-35-12-7-9-13(10-8-12)37-23(26,27)28/h1-10,32H,11H2,(H,29,31)(H,30,33). The summed E-state index contributed by atoms with van der Waals surface area (Å²) in [5.41, 5.74) is -0.734. The molecule has 0 heterocycles. The maximum absolute atomic E-state index is 12.6. The number of carbonyl (C=O) groups excluding carboxylic acids is 3. The molecule has 3 aromatic carbocycles. The fourth-order valence-electron chi connectivity index (χ4n) is 2.74. The number of hydrazine groups is 1. The van der Waals surface area contributed by atoms with Crippen molar-refractivity contribution in [2.45, 2.75) is 10.4 Å². The largest absolute Gasteiger partial charge is 0.505 e. The van der Waals surface area contributed by atoms with Crippen LogP contribution >= 0.6 is 35.0 Å². The molecule has 0 spiro atoms. The SMILES string of the molecule is O=C(COc1ccc(SC(F)(F)F)cc1)NNC(=O)c1cccc(Cl)c1OC(=O)c1cccc(Cl)c1O. The zero-order valence-electron chi connectivity index (χ0n) is 18.3. The summed E-state index contributed by atoms with van der Waals surface area (Å²) in [6.07, 6.45) is 0. The highest BCUT2D eigenvalue weighted by molar-refractivity contribution is 8.00. The van der Waals surface area contributed by atoms with Gasteiger partial charge in [-0.05, 0) is 60.3 Å². The molecule has 0 radical (unpaired) electrons. The minimum atomic E-state index is -4.43. The van der Waals surface area contributed by atoms with Crippen molar-refractivity contribution in [2.75, 3.05) is 6.61 Å². The Morgan fingerprint density at radius 1 is 0.892 bits per heavy atom. The summed E-state index contributed by atoms with van der Waals surface area (Å²) in [6, 6.07) is 12.9. The number of para-hydroxylation sites is 2. The fraction of sp³-hybridized carbons (Fsp3) is 0.0870. The van der Waals surface area contributed by atoms with Crippen molar-refractivity contribution in [3.63, 3.8) is 0 Å². The van der Waals surface area contributed by atoms with Gasteiger partial charge in [0.05, 0.1) is 15.6 Å². The third-order valence-electron chi connectivity index (χ3n) is 4.36. The monoisotopic (exact) mass is 574 g/mol. The van der Waals surface area contributed by atoms with Crippen molar-refractivity contribution in [2.24, 2.45) is 0 Å². The first-order valence-corrected chi connectivity index (χ1v) is 11.6. The number of aromatic hydroxyl groups is 1. The molecule has 0 aliphatic rings. The van der Waals surface area contributed by atoms with Crippen LogP contribution < -0.4 is 20.3 Å². The summed E-state index contributed by atoms with van der Waals surface area (Å²) >= 11 is 11.6. The molecule has 14 heteroatoms. The van der Waals surface area contributed by atoms with Crippen LogP contribution in [-0.2, 0) is 4.79 Å². The molecule has 0 fully saturated rings. The molecule has 0 aromatic heterocycles. The third-order valence-corrected chi connectivity index (χ3v) is 5.70. The van der Waals surface area contributed by atoms with E-state index >= 15 is 0 Å². The van der Waals surface area contributed by atoms with E-state index in [1.807, 2.05) is 0 Å². The van der Waals surface area contributed by atoms with E-state index in [0.717, 1.165) is 0 Å². The molecule has 2 amide bonds. The minimum Gasteiger partial charge on any atom is -0.505 e. The highest BCUT2D eigenvalue weighted by atomic mass is 35.5. The lowest BCUT2D eigenvalue weighted by molar-refractivity contribution is -0.123. The first kappa shape index (κ1) is 28.0. The van der Waals surface area contributed by atoms with Gasteiger partial charge in [0.25, 0.3) is 11.8 Å². The summed E-state index contributed by atoms with van der Waals surface area (Å²) in [7, 11) is 0. The van der Waals surface area contributed by atoms with Crippen LogP contribution in [-0.4, -0.2) is 35.0 Å². The van der Waals surface area contributed by atoms with Gasteiger partial charge in [-0.1, -0.05) is 35.3 Å². The number of halogens is 5. The maximum Gasteiger partial charge on any atom is 0.446 e. The Hall–Kier alpha value is -3.61. The number of carbonyl (C=O) groups is 3. The number of phenolic OH excluding ortho intramolecular Hbond substituents is 1. The Morgan fingerprint density at radius 3 is 2.16 bits per heavy atom. The van der Waals surface area contributed by atoms with Crippen molar-refractivity contribution in [1.29, 1.82) is 0 Å². The zero-order valence-corrected chi connectivity index (χ0v) is 20.6. The summed E-state index contributed by atoms with van der Waals surface area (Å²) in [4.78, 5) is 37.1. The van der Waals surface area contributed by atoms with E-state index in [1.54, 1.807) is 0 Å². The average Bonchev–Trinajstić information content (AvgIpc) is 2.84. The molecular weight excluding hydrogens is 560 g/mol. The molecular formula is C23H15Cl2F3N2O6S. The maximum atomic E-state index is 12.6. The number of esters is 1. The number of benzene rings is 3. The van der Waals surface area contributed by atoms with Gasteiger partial charge < -0.3 is 14.6 Å². The predicted octanol–water partition coefficient (Wildman–Crippen LogP) is 5.37. The molecule has 37 heavy (non-hydrogen) atoms. The third kappa shape index (κ3) is 7.94. The van der Waals surface area contributed by atoms with Gasteiger partial charge in [-0.2, -0.15) is 13.2 Å².